The van der Waals surface area contributed by atoms with Crippen molar-refractivity contribution in [3.05, 3.63) is 29.8 Å². The second kappa shape index (κ2) is 10.1. The molecular formula is C23H37N3O. The zero-order chi connectivity index (χ0) is 19.1. The molecular weight excluding hydrogens is 334 g/mol. The van der Waals surface area contributed by atoms with Crippen LogP contribution in [0.1, 0.15) is 57.4 Å². The number of unbranched alkanes of at least 4 members (excludes halogenated alkanes) is 1. The third-order valence-electron chi connectivity index (χ3n) is 6.47. The molecule has 0 atom stereocenters. The second-order valence-electron chi connectivity index (χ2n) is 8.50. The lowest BCUT2D eigenvalue weighted by Gasteiger charge is -2.35. The van der Waals surface area contributed by atoms with Crippen LogP contribution in [0, 0.1) is 11.8 Å². The highest BCUT2D eigenvalue weighted by Gasteiger charge is 2.26. The van der Waals surface area contributed by atoms with Gasteiger partial charge in [0.2, 0.25) is 5.91 Å². The van der Waals surface area contributed by atoms with E-state index in [9.17, 15) is 4.79 Å². The molecule has 0 unspecified atom stereocenters. The van der Waals surface area contributed by atoms with Crippen LogP contribution in [0.15, 0.2) is 24.3 Å². The van der Waals surface area contributed by atoms with Gasteiger partial charge >= 0.3 is 0 Å². The molecule has 150 valence electrons. The largest absolute Gasteiger partial charge is 0.369 e. The minimum Gasteiger partial charge on any atom is -0.369 e. The molecule has 27 heavy (non-hydrogen) atoms. The molecule has 1 N–H and O–H groups in total. The molecule has 1 heterocycles. The van der Waals surface area contributed by atoms with Crippen molar-refractivity contribution in [3.63, 3.8) is 0 Å². The first-order valence-electron chi connectivity index (χ1n) is 11.0. The molecule has 1 saturated heterocycles. The van der Waals surface area contributed by atoms with Crippen LogP contribution in [0.4, 0.5) is 5.69 Å². The van der Waals surface area contributed by atoms with Crippen LogP contribution >= 0.6 is 0 Å². The van der Waals surface area contributed by atoms with Crippen molar-refractivity contribution in [2.24, 2.45) is 11.8 Å². The molecule has 1 saturated carbocycles. The van der Waals surface area contributed by atoms with E-state index in [1.54, 1.807) is 0 Å². The van der Waals surface area contributed by atoms with Gasteiger partial charge in [-0.2, -0.15) is 0 Å². The van der Waals surface area contributed by atoms with E-state index in [0.29, 0.717) is 6.54 Å². The summed E-state index contributed by atoms with van der Waals surface area (Å²) in [5.41, 5.74) is 2.53. The van der Waals surface area contributed by atoms with Crippen molar-refractivity contribution in [2.75, 3.05) is 38.1 Å². The summed E-state index contributed by atoms with van der Waals surface area (Å²) >= 11 is 0. The zero-order valence-corrected chi connectivity index (χ0v) is 17.3. The third-order valence-corrected chi connectivity index (χ3v) is 6.47. The average molecular weight is 372 g/mol. The number of carbonyl (C=O) groups excluding carboxylic acids is 1. The fraction of sp³-hybridized carbons (Fsp3) is 0.696. The molecule has 0 radical (unpaired) electrons. The Kier molecular flexibility index (Phi) is 7.57. The summed E-state index contributed by atoms with van der Waals surface area (Å²) in [6.45, 7) is 7.23. The zero-order valence-electron chi connectivity index (χ0n) is 17.3. The van der Waals surface area contributed by atoms with Crippen LogP contribution in [0.3, 0.4) is 0 Å². The minimum atomic E-state index is 0.221. The quantitative estimate of drug-likeness (QED) is 0.785. The molecule has 2 fully saturated rings. The summed E-state index contributed by atoms with van der Waals surface area (Å²) in [5.74, 6) is 1.34. The summed E-state index contributed by atoms with van der Waals surface area (Å²) in [7, 11) is 2.18. The maximum Gasteiger partial charge on any atom is 0.223 e. The Labute approximate surface area is 165 Å². The van der Waals surface area contributed by atoms with Crippen molar-refractivity contribution in [1.29, 1.82) is 0 Å². The van der Waals surface area contributed by atoms with Crippen molar-refractivity contribution < 1.29 is 4.79 Å². The Morgan fingerprint density at radius 1 is 1.07 bits per heavy atom. The number of para-hydroxylation sites is 1. The van der Waals surface area contributed by atoms with Gasteiger partial charge in [-0.15, -0.1) is 0 Å². The number of hydrogen-bond donors (Lipinski definition) is 1. The Morgan fingerprint density at radius 3 is 2.48 bits per heavy atom. The van der Waals surface area contributed by atoms with Crippen LogP contribution in [0.25, 0.3) is 0 Å². The van der Waals surface area contributed by atoms with Crippen LogP contribution < -0.4 is 10.2 Å². The summed E-state index contributed by atoms with van der Waals surface area (Å²) < 4.78 is 0. The lowest BCUT2D eigenvalue weighted by atomic mass is 9.79. The monoisotopic (exact) mass is 371 g/mol. The summed E-state index contributed by atoms with van der Waals surface area (Å²) in [6, 6.07) is 8.55. The molecule has 1 aromatic rings. The Hall–Kier alpha value is -1.55. The van der Waals surface area contributed by atoms with Gasteiger partial charge in [0.1, 0.15) is 0 Å². The lowest BCUT2D eigenvalue weighted by molar-refractivity contribution is -0.126. The minimum absolute atomic E-state index is 0.221. The number of nitrogens with one attached hydrogen (secondary N) is 1. The number of nitrogens with zero attached hydrogens (tertiary/aromatic N) is 2. The molecule has 0 spiro atoms. The van der Waals surface area contributed by atoms with E-state index < -0.39 is 0 Å². The summed E-state index contributed by atoms with van der Waals surface area (Å²) in [6.07, 6.45) is 8.58. The third kappa shape index (κ3) is 5.71. The van der Waals surface area contributed by atoms with E-state index in [1.165, 1.54) is 43.4 Å². The van der Waals surface area contributed by atoms with Gasteiger partial charge in [-0.1, -0.05) is 44.4 Å². The average Bonchev–Trinajstić information content (AvgIpc) is 2.72. The van der Waals surface area contributed by atoms with Gasteiger partial charge in [0.15, 0.2) is 0 Å². The van der Waals surface area contributed by atoms with Crippen molar-refractivity contribution in [1.82, 2.24) is 10.2 Å². The topological polar surface area (TPSA) is 35.6 Å². The Balaban J connectivity index is 1.49. The number of carbonyl (C=O) groups is 1. The first kappa shape index (κ1) is 20.2. The Bertz CT molecular complexity index is 587. The fourth-order valence-corrected chi connectivity index (χ4v) is 4.55. The molecule has 4 heteroatoms. The van der Waals surface area contributed by atoms with Gasteiger partial charge in [-0.05, 0) is 50.3 Å². The van der Waals surface area contributed by atoms with E-state index in [0.717, 1.165) is 44.9 Å². The molecule has 0 aromatic heterocycles. The van der Waals surface area contributed by atoms with Gasteiger partial charge in [0.05, 0.1) is 0 Å². The Morgan fingerprint density at radius 2 is 1.78 bits per heavy atom. The van der Waals surface area contributed by atoms with E-state index in [4.69, 9.17) is 0 Å². The van der Waals surface area contributed by atoms with Crippen LogP contribution in [0.5, 0.6) is 0 Å². The summed E-state index contributed by atoms with van der Waals surface area (Å²) in [5, 5.41) is 3.24. The van der Waals surface area contributed by atoms with Crippen LogP contribution in [-0.4, -0.2) is 44.0 Å². The van der Waals surface area contributed by atoms with Crippen LogP contribution in [-0.2, 0) is 11.3 Å². The van der Waals surface area contributed by atoms with Gasteiger partial charge in [-0.3, -0.25) is 4.79 Å². The number of amides is 1. The molecule has 4 nitrogen and oxygen atoms in total. The molecule has 1 aliphatic heterocycles. The molecule has 1 aromatic carbocycles. The smallest absolute Gasteiger partial charge is 0.223 e. The molecule has 0 bridgehead atoms. The first-order chi connectivity index (χ1) is 13.2. The van der Waals surface area contributed by atoms with E-state index in [2.05, 4.69) is 53.4 Å². The highest BCUT2D eigenvalue weighted by Crippen LogP contribution is 2.32. The number of piperazine rings is 1. The predicted octanol–water partition coefficient (Wildman–Crippen LogP) is 4.05. The molecule has 2 aliphatic rings. The second-order valence-corrected chi connectivity index (χ2v) is 8.50. The molecule has 1 amide bonds. The maximum atomic E-state index is 12.7. The van der Waals surface area contributed by atoms with Gasteiger partial charge < -0.3 is 15.1 Å². The van der Waals surface area contributed by atoms with Crippen molar-refractivity contribution in [2.45, 2.75) is 58.4 Å². The number of likely N-dealkylation sites (N-methyl/N-ethyl adjacent to an activating group) is 1. The van der Waals surface area contributed by atoms with Crippen LogP contribution in [0.2, 0.25) is 0 Å². The number of hydrogen-bond acceptors (Lipinski definition) is 3. The van der Waals surface area contributed by atoms with Crippen molar-refractivity contribution in [3.8, 4) is 0 Å². The molecule has 1 aliphatic carbocycles. The normalized spacial score (nSPS) is 24.0. The maximum absolute atomic E-state index is 12.7. The first-order valence-corrected chi connectivity index (χ1v) is 11.0. The molecule has 3 rings (SSSR count). The lowest BCUT2D eigenvalue weighted by Crippen LogP contribution is -2.45. The number of benzene rings is 1. The van der Waals surface area contributed by atoms with Gasteiger partial charge in [-0.25, -0.2) is 0 Å². The van der Waals surface area contributed by atoms with Crippen molar-refractivity contribution >= 4 is 11.6 Å². The number of rotatable bonds is 7. The van der Waals surface area contributed by atoms with Gasteiger partial charge in [0, 0.05) is 44.3 Å². The number of anilines is 1. The fourth-order valence-electron chi connectivity index (χ4n) is 4.55. The highest BCUT2D eigenvalue weighted by molar-refractivity contribution is 5.79. The van der Waals surface area contributed by atoms with E-state index in [-0.39, 0.29) is 11.8 Å². The SMILES string of the molecule is CCCCC1CCC(C(=O)NCc2ccccc2N2CCN(C)CC2)CC1. The highest BCUT2D eigenvalue weighted by atomic mass is 16.1. The summed E-state index contributed by atoms with van der Waals surface area (Å²) in [4.78, 5) is 17.5. The standard InChI is InChI=1S/C23H37N3O/c1-3-4-7-19-10-12-20(13-11-19)23(27)24-18-21-8-5-6-9-22(21)26-16-14-25(2)15-17-26/h5-6,8-9,19-20H,3-4,7,10-18H2,1-2H3,(H,24,27). The van der Waals surface area contributed by atoms with E-state index in [1.807, 2.05) is 0 Å². The van der Waals surface area contributed by atoms with Gasteiger partial charge in [0.25, 0.3) is 0 Å². The predicted molar refractivity (Wildman–Crippen MR) is 113 cm³/mol. The van der Waals surface area contributed by atoms with E-state index >= 15 is 0 Å².